The Kier molecular flexibility index (Phi) is 5.72. The third kappa shape index (κ3) is 5.19. The normalized spacial score (nSPS) is 15.1. The van der Waals surface area contributed by atoms with Gasteiger partial charge in [-0.2, -0.15) is 0 Å². The minimum Gasteiger partial charge on any atom is -0.276 e. The first-order chi connectivity index (χ1) is 6.41. The molecule has 5 heteroatoms. The Morgan fingerprint density at radius 3 is 2.36 bits per heavy atom. The van der Waals surface area contributed by atoms with Crippen LogP contribution < -0.4 is 0 Å². The molecule has 0 unspecified atom stereocenters. The van der Waals surface area contributed by atoms with Crippen molar-refractivity contribution in [1.82, 2.24) is 0 Å². The summed E-state index contributed by atoms with van der Waals surface area (Å²) in [6.45, 7) is 3.89. The minimum absolute atomic E-state index is 0.122. The van der Waals surface area contributed by atoms with E-state index in [1.807, 2.05) is 19.9 Å². The van der Waals surface area contributed by atoms with E-state index >= 15 is 0 Å². The number of rotatable bonds is 3. The topological polar surface area (TPSA) is 46.5 Å². The van der Waals surface area contributed by atoms with Gasteiger partial charge in [0.15, 0.2) is 5.04 Å². The predicted molar refractivity (Wildman–Crippen MR) is 61.3 cm³/mol. The fraction of sp³-hybridized carbons (Fsp3) is 0.444. The molecule has 80 valence electrons. The summed E-state index contributed by atoms with van der Waals surface area (Å²) in [5.74, 6) is 0. The zero-order chi connectivity index (χ0) is 11.2. The summed E-state index contributed by atoms with van der Waals surface area (Å²) in [5, 5.41) is -0.122. The third-order valence-corrected chi connectivity index (χ3v) is 2.78. The summed E-state index contributed by atoms with van der Waals surface area (Å²) in [4.78, 5) is 3.57. The zero-order valence-electron chi connectivity index (χ0n) is 8.49. The third-order valence-electron chi connectivity index (χ3n) is 1.49. The highest BCUT2D eigenvalue weighted by Crippen LogP contribution is 2.04. The van der Waals surface area contributed by atoms with Crippen LogP contribution in [0.25, 0.3) is 0 Å². The summed E-state index contributed by atoms with van der Waals surface area (Å²) in [5.41, 5.74) is 0.981. The average molecular weight is 236 g/mol. The molecule has 0 aliphatic carbocycles. The van der Waals surface area contributed by atoms with Crippen molar-refractivity contribution in [3.8, 4) is 0 Å². The average Bonchev–Trinajstić information content (AvgIpc) is 2.03. The number of nitrogens with zero attached hydrogens (tertiary/aromatic N) is 1. The van der Waals surface area contributed by atoms with Gasteiger partial charge in [-0.25, -0.2) is 8.42 Å². The highest BCUT2D eigenvalue weighted by molar-refractivity contribution is 8.26. The highest BCUT2D eigenvalue weighted by Gasteiger charge is 2.10. The van der Waals surface area contributed by atoms with Gasteiger partial charge in [-0.05, 0) is 19.4 Å². The molecule has 0 aromatic rings. The summed E-state index contributed by atoms with van der Waals surface area (Å²) in [6.07, 6.45) is 5.95. The molecule has 0 amide bonds. The summed E-state index contributed by atoms with van der Waals surface area (Å²) in [6, 6.07) is 0. The second-order valence-corrected chi connectivity index (χ2v) is 5.20. The van der Waals surface area contributed by atoms with Gasteiger partial charge in [0.25, 0.3) is 9.05 Å². The molecule has 0 fully saturated rings. The van der Waals surface area contributed by atoms with Crippen LogP contribution in [0.1, 0.15) is 20.3 Å². The number of halogens is 1. The van der Waals surface area contributed by atoms with Crippen LogP contribution in [-0.4, -0.2) is 20.5 Å². The molecule has 0 bridgehead atoms. The summed E-state index contributed by atoms with van der Waals surface area (Å²) in [7, 11) is 2.80. The lowest BCUT2D eigenvalue weighted by Crippen LogP contribution is -2.04. The van der Waals surface area contributed by atoms with Crippen molar-refractivity contribution in [3.63, 3.8) is 0 Å². The van der Waals surface area contributed by atoms with E-state index in [9.17, 15) is 8.42 Å². The Morgan fingerprint density at radius 1 is 1.43 bits per heavy atom. The molecule has 0 aliphatic rings. The van der Waals surface area contributed by atoms with E-state index in [0.717, 1.165) is 12.0 Å². The molecule has 0 heterocycles. The maximum Gasteiger partial charge on any atom is 0.278 e. The highest BCUT2D eigenvalue weighted by atomic mass is 35.7. The fourth-order valence-corrected chi connectivity index (χ4v) is 1.67. The van der Waals surface area contributed by atoms with Crippen LogP contribution in [0.3, 0.4) is 0 Å². The fourth-order valence-electron chi connectivity index (χ4n) is 0.858. The van der Waals surface area contributed by atoms with Gasteiger partial charge in [-0.3, -0.25) is 4.99 Å². The van der Waals surface area contributed by atoms with Crippen LogP contribution in [0, 0.1) is 0 Å². The molecule has 0 spiro atoms. The molecule has 0 radical (unpaired) electrons. The van der Waals surface area contributed by atoms with E-state index in [1.165, 1.54) is 13.1 Å². The first kappa shape index (κ1) is 13.4. The van der Waals surface area contributed by atoms with Gasteiger partial charge in [0.05, 0.1) is 0 Å². The van der Waals surface area contributed by atoms with E-state index in [2.05, 4.69) is 4.99 Å². The lowest BCUT2D eigenvalue weighted by molar-refractivity contribution is 0.619. The molecular formula is C9H14ClNO2S. The van der Waals surface area contributed by atoms with E-state index < -0.39 is 9.05 Å². The Balaban J connectivity index is 4.76. The second kappa shape index (κ2) is 5.98. The maximum absolute atomic E-state index is 10.9. The minimum atomic E-state index is -3.72. The van der Waals surface area contributed by atoms with E-state index in [1.54, 1.807) is 6.08 Å². The Bertz CT molecular complexity index is 366. The number of aliphatic imine (C=N–C) groups is 1. The number of allylic oxidation sites excluding steroid dienone is 3. The van der Waals surface area contributed by atoms with Gasteiger partial charge in [-0.1, -0.05) is 24.6 Å². The van der Waals surface area contributed by atoms with E-state index in [0.29, 0.717) is 0 Å². The van der Waals surface area contributed by atoms with Gasteiger partial charge >= 0.3 is 0 Å². The lowest BCUT2D eigenvalue weighted by atomic mass is 10.2. The van der Waals surface area contributed by atoms with Crippen LogP contribution >= 0.6 is 10.7 Å². The van der Waals surface area contributed by atoms with Gasteiger partial charge in [0, 0.05) is 17.7 Å². The molecule has 0 atom stereocenters. The first-order valence-electron chi connectivity index (χ1n) is 4.18. The predicted octanol–water partition coefficient (Wildman–Crippen LogP) is 2.50. The van der Waals surface area contributed by atoms with Crippen LogP contribution in [0.2, 0.25) is 0 Å². The molecule has 0 N–H and O–H groups in total. The van der Waals surface area contributed by atoms with Crippen molar-refractivity contribution in [2.75, 3.05) is 7.05 Å². The van der Waals surface area contributed by atoms with Gasteiger partial charge in [-0.15, -0.1) is 0 Å². The molecule has 0 aliphatic heterocycles. The second-order valence-electron chi connectivity index (χ2n) is 2.69. The Labute approximate surface area is 89.6 Å². The molecule has 14 heavy (non-hydrogen) atoms. The van der Waals surface area contributed by atoms with Crippen molar-refractivity contribution >= 4 is 24.8 Å². The summed E-state index contributed by atoms with van der Waals surface area (Å²) < 4.78 is 21.8. The standard InChI is InChI=1S/C9H14ClNO2S/c1-4-5-8(2)6-7-9(11-3)14(10,12)13/h5-7H,4H2,1-3H3/b7-6-,8-5-,11-9?. The van der Waals surface area contributed by atoms with Crippen LogP contribution in [0.5, 0.6) is 0 Å². The molecular weight excluding hydrogens is 222 g/mol. The van der Waals surface area contributed by atoms with Crippen LogP contribution in [0.15, 0.2) is 28.8 Å². The molecule has 0 saturated heterocycles. The SMILES string of the molecule is CC/C=C(C)\C=C/C(=NC)S(=O)(=O)Cl. The van der Waals surface area contributed by atoms with Gasteiger partial charge in [0.1, 0.15) is 0 Å². The molecule has 0 aromatic heterocycles. The lowest BCUT2D eigenvalue weighted by Gasteiger charge is -1.94. The maximum atomic E-state index is 10.9. The molecule has 0 rings (SSSR count). The van der Waals surface area contributed by atoms with E-state index in [-0.39, 0.29) is 5.04 Å². The zero-order valence-corrected chi connectivity index (χ0v) is 10.1. The van der Waals surface area contributed by atoms with Crippen molar-refractivity contribution in [3.05, 3.63) is 23.8 Å². The Hall–Kier alpha value is -0.610. The summed E-state index contributed by atoms with van der Waals surface area (Å²) >= 11 is 0. The molecule has 0 aromatic carbocycles. The van der Waals surface area contributed by atoms with Crippen molar-refractivity contribution in [1.29, 1.82) is 0 Å². The first-order valence-corrected chi connectivity index (χ1v) is 6.49. The molecule has 3 nitrogen and oxygen atoms in total. The monoisotopic (exact) mass is 235 g/mol. The Morgan fingerprint density at radius 2 is 2.00 bits per heavy atom. The van der Waals surface area contributed by atoms with Gasteiger partial charge < -0.3 is 0 Å². The smallest absolute Gasteiger partial charge is 0.276 e. The number of hydrogen-bond acceptors (Lipinski definition) is 3. The van der Waals surface area contributed by atoms with Crippen molar-refractivity contribution < 1.29 is 8.42 Å². The molecule has 0 saturated carbocycles. The van der Waals surface area contributed by atoms with Crippen molar-refractivity contribution in [2.45, 2.75) is 20.3 Å². The van der Waals surface area contributed by atoms with E-state index in [4.69, 9.17) is 10.7 Å². The van der Waals surface area contributed by atoms with Crippen LogP contribution in [-0.2, 0) is 9.05 Å². The largest absolute Gasteiger partial charge is 0.278 e. The van der Waals surface area contributed by atoms with Gasteiger partial charge in [0.2, 0.25) is 0 Å². The van der Waals surface area contributed by atoms with Crippen molar-refractivity contribution in [2.24, 2.45) is 4.99 Å². The quantitative estimate of drug-likeness (QED) is 0.327. The van der Waals surface area contributed by atoms with Crippen LogP contribution in [0.4, 0.5) is 0 Å². The number of hydrogen-bond donors (Lipinski definition) is 0.